The molecular weight excluding hydrogens is 507 g/mol. The molecule has 0 atom stereocenters. The number of benzene rings is 3. The molecule has 10 heteroatoms. The second-order valence-electron chi connectivity index (χ2n) is 9.76. The summed E-state index contributed by atoms with van der Waals surface area (Å²) in [6.07, 6.45) is 0. The van der Waals surface area contributed by atoms with E-state index in [1.165, 1.54) is 11.0 Å². The molecule has 4 aromatic rings. The standard InChI is InChI=1S/C28H29FN4O4S/c1-18-15-21(9-10-22(18)27(34)32(2)3)30-28-31-25-6-4-5-23(26(25)37-28)19-7-8-20(24(29)16-19)17-33-11-13-38(35,36)14-12-33/h4-10,15-16H,11-14,17H2,1-3H3,(H,30,31). The van der Waals surface area contributed by atoms with Gasteiger partial charge in [-0.3, -0.25) is 9.69 Å². The summed E-state index contributed by atoms with van der Waals surface area (Å²) in [4.78, 5) is 20.3. The molecule has 1 N–H and O–H groups in total. The number of oxazole rings is 1. The summed E-state index contributed by atoms with van der Waals surface area (Å²) < 4.78 is 44.5. The normalized spacial score (nSPS) is 15.5. The maximum absolute atomic E-state index is 15.1. The van der Waals surface area contributed by atoms with Crippen LogP contribution in [0, 0.1) is 12.7 Å². The average Bonchev–Trinajstić information content (AvgIpc) is 3.28. The second-order valence-corrected chi connectivity index (χ2v) is 12.1. The Bertz CT molecular complexity index is 1620. The minimum Gasteiger partial charge on any atom is -0.423 e. The van der Waals surface area contributed by atoms with E-state index < -0.39 is 9.84 Å². The van der Waals surface area contributed by atoms with Crippen LogP contribution in [0.4, 0.5) is 16.1 Å². The van der Waals surface area contributed by atoms with E-state index in [0.29, 0.717) is 53.0 Å². The molecule has 0 saturated carbocycles. The number of hydrogen-bond donors (Lipinski definition) is 1. The van der Waals surface area contributed by atoms with Gasteiger partial charge in [0.05, 0.1) is 11.5 Å². The number of sulfone groups is 1. The van der Waals surface area contributed by atoms with Crippen molar-refractivity contribution in [1.82, 2.24) is 14.8 Å². The molecule has 1 fully saturated rings. The van der Waals surface area contributed by atoms with Crippen LogP contribution in [0.2, 0.25) is 0 Å². The van der Waals surface area contributed by atoms with Crippen LogP contribution in [-0.4, -0.2) is 67.8 Å². The molecule has 5 rings (SSSR count). The average molecular weight is 537 g/mol. The number of nitrogens with zero attached hydrogens (tertiary/aromatic N) is 3. The van der Waals surface area contributed by atoms with Gasteiger partial charge in [-0.05, 0) is 48.4 Å². The SMILES string of the molecule is Cc1cc(Nc2nc3cccc(-c4ccc(CN5CCS(=O)(=O)CC5)c(F)c4)c3o2)ccc1C(=O)N(C)C. The highest BCUT2D eigenvalue weighted by molar-refractivity contribution is 7.91. The molecule has 0 bridgehead atoms. The number of para-hydroxylation sites is 1. The number of aryl methyl sites for hydroxylation is 1. The summed E-state index contributed by atoms with van der Waals surface area (Å²) >= 11 is 0. The number of carbonyl (C=O) groups is 1. The van der Waals surface area contributed by atoms with Crippen LogP contribution in [0.3, 0.4) is 0 Å². The fraction of sp³-hybridized carbons (Fsp3) is 0.286. The van der Waals surface area contributed by atoms with E-state index in [1.807, 2.05) is 42.2 Å². The minimum absolute atomic E-state index is 0.0670. The molecule has 1 aliphatic rings. The third-order valence-electron chi connectivity index (χ3n) is 6.72. The molecule has 1 amide bonds. The predicted octanol–water partition coefficient (Wildman–Crippen LogP) is 4.62. The lowest BCUT2D eigenvalue weighted by molar-refractivity contribution is 0.0827. The van der Waals surface area contributed by atoms with Gasteiger partial charge in [-0.2, -0.15) is 4.98 Å². The molecule has 0 radical (unpaired) electrons. The summed E-state index contributed by atoms with van der Waals surface area (Å²) in [6, 6.07) is 16.3. The van der Waals surface area contributed by atoms with Gasteiger partial charge in [-0.1, -0.05) is 24.3 Å². The molecule has 1 aromatic heterocycles. The van der Waals surface area contributed by atoms with E-state index in [-0.39, 0.29) is 29.2 Å². The maximum atomic E-state index is 15.1. The summed E-state index contributed by atoms with van der Waals surface area (Å²) in [5, 5.41) is 3.15. The van der Waals surface area contributed by atoms with Gasteiger partial charge in [0.1, 0.15) is 11.3 Å². The molecule has 0 aliphatic carbocycles. The third kappa shape index (κ3) is 5.41. The number of nitrogens with one attached hydrogen (secondary N) is 1. The van der Waals surface area contributed by atoms with Crippen molar-refractivity contribution in [3.63, 3.8) is 0 Å². The first kappa shape index (κ1) is 25.9. The number of hydrogen-bond acceptors (Lipinski definition) is 7. The maximum Gasteiger partial charge on any atom is 0.300 e. The van der Waals surface area contributed by atoms with E-state index in [0.717, 1.165) is 11.3 Å². The van der Waals surface area contributed by atoms with Crippen LogP contribution >= 0.6 is 0 Å². The zero-order chi connectivity index (χ0) is 27.0. The van der Waals surface area contributed by atoms with Crippen LogP contribution in [0.5, 0.6) is 0 Å². The van der Waals surface area contributed by atoms with Gasteiger partial charge in [-0.25, -0.2) is 12.8 Å². The van der Waals surface area contributed by atoms with Crippen molar-refractivity contribution in [2.75, 3.05) is 44.0 Å². The monoisotopic (exact) mass is 536 g/mol. The molecule has 38 heavy (non-hydrogen) atoms. The lowest BCUT2D eigenvalue weighted by Gasteiger charge is -2.26. The number of fused-ring (bicyclic) bond motifs is 1. The van der Waals surface area contributed by atoms with Crippen LogP contribution < -0.4 is 5.32 Å². The number of amides is 1. The van der Waals surface area contributed by atoms with Crippen LogP contribution in [0.25, 0.3) is 22.2 Å². The van der Waals surface area contributed by atoms with Gasteiger partial charge in [-0.15, -0.1) is 0 Å². The highest BCUT2D eigenvalue weighted by atomic mass is 32.2. The first-order valence-corrected chi connectivity index (χ1v) is 14.1. The first-order valence-electron chi connectivity index (χ1n) is 12.3. The molecule has 1 aliphatic heterocycles. The van der Waals surface area contributed by atoms with E-state index in [4.69, 9.17) is 4.42 Å². The number of aromatic nitrogens is 1. The van der Waals surface area contributed by atoms with Crippen molar-refractivity contribution in [2.24, 2.45) is 0 Å². The van der Waals surface area contributed by atoms with Crippen LogP contribution in [-0.2, 0) is 16.4 Å². The van der Waals surface area contributed by atoms with Gasteiger partial charge >= 0.3 is 0 Å². The summed E-state index contributed by atoms with van der Waals surface area (Å²) in [5.41, 5.74) is 5.21. The smallest absolute Gasteiger partial charge is 0.300 e. The molecule has 3 aromatic carbocycles. The van der Waals surface area contributed by atoms with E-state index in [9.17, 15) is 13.2 Å². The van der Waals surface area contributed by atoms with Crippen molar-refractivity contribution < 1.29 is 22.0 Å². The second kappa shape index (κ2) is 10.2. The predicted molar refractivity (Wildman–Crippen MR) is 146 cm³/mol. The Morgan fingerprint density at radius 3 is 2.55 bits per heavy atom. The highest BCUT2D eigenvalue weighted by Crippen LogP contribution is 2.33. The lowest BCUT2D eigenvalue weighted by Crippen LogP contribution is -2.39. The quantitative estimate of drug-likeness (QED) is 0.384. The number of halogens is 1. The van der Waals surface area contributed by atoms with E-state index in [2.05, 4.69) is 10.3 Å². The molecule has 198 valence electrons. The Morgan fingerprint density at radius 2 is 1.87 bits per heavy atom. The van der Waals surface area contributed by atoms with Gasteiger partial charge in [0.2, 0.25) is 0 Å². The first-order chi connectivity index (χ1) is 18.1. The highest BCUT2D eigenvalue weighted by Gasteiger charge is 2.22. The van der Waals surface area contributed by atoms with Crippen molar-refractivity contribution >= 4 is 38.5 Å². The molecule has 0 spiro atoms. The minimum atomic E-state index is -2.98. The van der Waals surface area contributed by atoms with Crippen molar-refractivity contribution in [3.8, 4) is 11.1 Å². The Hall–Kier alpha value is -3.76. The molecule has 8 nitrogen and oxygen atoms in total. The van der Waals surface area contributed by atoms with Gasteiger partial charge in [0, 0.05) is 56.1 Å². The molecule has 0 unspecified atom stereocenters. The van der Waals surface area contributed by atoms with Crippen molar-refractivity contribution in [3.05, 3.63) is 77.1 Å². The van der Waals surface area contributed by atoms with Crippen molar-refractivity contribution in [1.29, 1.82) is 0 Å². The number of rotatable bonds is 6. The number of carbonyl (C=O) groups excluding carboxylic acids is 1. The number of anilines is 2. The van der Waals surface area contributed by atoms with Crippen LogP contribution in [0.1, 0.15) is 21.5 Å². The van der Waals surface area contributed by atoms with E-state index in [1.54, 1.807) is 32.3 Å². The van der Waals surface area contributed by atoms with Crippen molar-refractivity contribution in [2.45, 2.75) is 13.5 Å². The lowest BCUT2D eigenvalue weighted by atomic mass is 10.0. The zero-order valence-electron chi connectivity index (χ0n) is 21.5. The molecular formula is C28H29FN4O4S. The van der Waals surface area contributed by atoms with Crippen LogP contribution in [0.15, 0.2) is 59.0 Å². The summed E-state index contributed by atoms with van der Waals surface area (Å²) in [5.74, 6) is -0.209. The van der Waals surface area contributed by atoms with E-state index >= 15 is 4.39 Å². The molecule has 2 heterocycles. The largest absolute Gasteiger partial charge is 0.423 e. The Kier molecular flexibility index (Phi) is 6.93. The van der Waals surface area contributed by atoms with Gasteiger partial charge < -0.3 is 14.6 Å². The Labute approximate surface area is 221 Å². The Balaban J connectivity index is 1.37. The van der Waals surface area contributed by atoms with Gasteiger partial charge in [0.15, 0.2) is 15.4 Å². The third-order valence-corrected chi connectivity index (χ3v) is 8.33. The Morgan fingerprint density at radius 1 is 1.11 bits per heavy atom. The summed E-state index contributed by atoms with van der Waals surface area (Å²) in [6.45, 7) is 3.05. The zero-order valence-corrected chi connectivity index (χ0v) is 22.3. The summed E-state index contributed by atoms with van der Waals surface area (Å²) in [7, 11) is 0.447. The molecule has 1 saturated heterocycles. The topological polar surface area (TPSA) is 95.7 Å². The van der Waals surface area contributed by atoms with Gasteiger partial charge in [0.25, 0.3) is 11.9 Å². The fourth-order valence-corrected chi connectivity index (χ4v) is 5.84. The fourth-order valence-electron chi connectivity index (χ4n) is 4.57.